The summed E-state index contributed by atoms with van der Waals surface area (Å²) in [6.45, 7) is 4.58. The van der Waals surface area contributed by atoms with Gasteiger partial charge in [-0.2, -0.15) is 0 Å². The molecule has 3 amide bonds. The summed E-state index contributed by atoms with van der Waals surface area (Å²) in [5.74, 6) is -2.83. The van der Waals surface area contributed by atoms with Crippen molar-refractivity contribution in [1.82, 2.24) is 20.3 Å². The number of sulfonamides is 1. The molecule has 1 aliphatic carbocycles. The number of nitrogens with one attached hydrogen (secondary N) is 3. The lowest BCUT2D eigenvalue weighted by molar-refractivity contribution is -0.131. The Bertz CT molecular complexity index is 1320. The molecule has 0 aromatic heterocycles. The highest BCUT2D eigenvalue weighted by Gasteiger charge is 2.42. The van der Waals surface area contributed by atoms with Crippen LogP contribution in [0.2, 0.25) is 5.02 Å². The number of nitrogens with zero attached hydrogens (tertiary/aromatic N) is 1. The fourth-order valence-electron chi connectivity index (χ4n) is 5.36. The van der Waals surface area contributed by atoms with Crippen molar-refractivity contribution in [3.05, 3.63) is 34.9 Å². The fourth-order valence-corrected chi connectivity index (χ4v) is 7.95. The first-order valence-corrected chi connectivity index (χ1v) is 20.1. The minimum atomic E-state index is -4.17. The predicted octanol–water partition coefficient (Wildman–Crippen LogP) is 4.15. The minimum Gasteiger partial charge on any atom is -0.445 e. The zero-order chi connectivity index (χ0) is 35.7. The second kappa shape index (κ2) is 21.1. The standard InChI is InChI=1S/C31H52ClN4O10PS/c1-5-45-47(41,46-6-2)30(39)26(16-17-28(37)36(4)19-18-33-48(42,43)7-3)34-29(38)27(21-23-12-9-8-10-13-23)35-31(40)44-22-24-14-11-15-25(32)20-24/h11,14-15,20,23,26-27,30,33,39H,5-10,12-13,16-19,21-22H2,1-4H3,(H,34,38)(H,35,40)/t26-,27-,30?/m0/s1. The molecule has 14 nitrogen and oxygen atoms in total. The van der Waals surface area contributed by atoms with Gasteiger partial charge in [-0.15, -0.1) is 0 Å². The van der Waals surface area contributed by atoms with E-state index in [1.54, 1.807) is 38.1 Å². The van der Waals surface area contributed by atoms with E-state index in [0.29, 0.717) is 17.0 Å². The number of hydrogen-bond donors (Lipinski definition) is 4. The average Bonchev–Trinajstić information content (AvgIpc) is 3.05. The number of aliphatic hydroxyl groups is 1. The fraction of sp³-hybridized carbons (Fsp3) is 0.710. The van der Waals surface area contributed by atoms with Crippen LogP contribution in [0, 0.1) is 5.92 Å². The molecule has 0 heterocycles. The first kappa shape index (κ1) is 41.9. The molecule has 48 heavy (non-hydrogen) atoms. The van der Waals surface area contributed by atoms with Crippen molar-refractivity contribution in [1.29, 1.82) is 0 Å². The normalized spacial score (nSPS) is 16.0. The number of alkyl carbamates (subject to hydrolysis) is 1. The van der Waals surface area contributed by atoms with E-state index < -0.39 is 53.5 Å². The third-order valence-electron chi connectivity index (χ3n) is 8.04. The number of amides is 3. The van der Waals surface area contributed by atoms with Crippen LogP contribution < -0.4 is 15.4 Å². The highest BCUT2D eigenvalue weighted by Crippen LogP contribution is 2.53. The van der Waals surface area contributed by atoms with E-state index in [9.17, 15) is 32.5 Å². The van der Waals surface area contributed by atoms with E-state index in [1.807, 2.05) is 0 Å². The molecule has 1 aromatic rings. The average molecular weight is 739 g/mol. The van der Waals surface area contributed by atoms with Gasteiger partial charge in [-0.1, -0.05) is 55.8 Å². The van der Waals surface area contributed by atoms with Crippen molar-refractivity contribution in [3.63, 3.8) is 0 Å². The Morgan fingerprint density at radius 2 is 1.75 bits per heavy atom. The predicted molar refractivity (Wildman–Crippen MR) is 183 cm³/mol. The van der Waals surface area contributed by atoms with Gasteiger partial charge in [0.1, 0.15) is 12.6 Å². The lowest BCUT2D eigenvalue weighted by Crippen LogP contribution is -2.53. The maximum Gasteiger partial charge on any atom is 0.408 e. The number of benzene rings is 1. The van der Waals surface area contributed by atoms with Crippen molar-refractivity contribution < 1.29 is 46.3 Å². The Balaban J connectivity index is 2.22. The number of ether oxygens (including phenoxy) is 1. The molecule has 4 N–H and O–H groups in total. The van der Waals surface area contributed by atoms with Crippen LogP contribution >= 0.6 is 19.2 Å². The molecule has 3 atom stereocenters. The molecule has 1 aliphatic rings. The van der Waals surface area contributed by atoms with Crippen LogP contribution in [0.15, 0.2) is 24.3 Å². The second-order valence-corrected chi connectivity index (χ2v) is 16.4. The van der Waals surface area contributed by atoms with Gasteiger partial charge in [-0.05, 0) is 57.2 Å². The van der Waals surface area contributed by atoms with Gasteiger partial charge in [0.2, 0.25) is 21.8 Å². The number of likely N-dealkylation sites (N-methyl/N-ethyl adjacent to an activating group) is 1. The van der Waals surface area contributed by atoms with Crippen LogP contribution in [0.5, 0.6) is 0 Å². The van der Waals surface area contributed by atoms with E-state index in [4.69, 9.17) is 25.4 Å². The number of rotatable bonds is 21. The van der Waals surface area contributed by atoms with Crippen molar-refractivity contribution in [2.45, 2.75) is 96.7 Å². The summed E-state index contributed by atoms with van der Waals surface area (Å²) >= 11 is 6.03. The summed E-state index contributed by atoms with van der Waals surface area (Å²) in [6.07, 6.45) is 3.99. The van der Waals surface area contributed by atoms with Gasteiger partial charge in [-0.25, -0.2) is 17.9 Å². The molecule has 1 fully saturated rings. The van der Waals surface area contributed by atoms with Crippen molar-refractivity contribution >= 4 is 47.1 Å². The Labute approximate surface area is 289 Å². The molecular formula is C31H52ClN4O10PS. The monoisotopic (exact) mass is 738 g/mol. The summed E-state index contributed by atoms with van der Waals surface area (Å²) in [7, 11) is -6.11. The zero-order valence-electron chi connectivity index (χ0n) is 28.3. The Hall–Kier alpha value is -2.26. The topological polar surface area (TPSA) is 190 Å². The van der Waals surface area contributed by atoms with Gasteiger partial charge in [-0.3, -0.25) is 14.2 Å². The quantitative estimate of drug-likeness (QED) is 0.133. The van der Waals surface area contributed by atoms with Crippen LogP contribution in [-0.4, -0.2) is 93.4 Å². The largest absolute Gasteiger partial charge is 0.445 e. The second-order valence-electron chi connectivity index (χ2n) is 11.7. The van der Waals surface area contributed by atoms with Crippen molar-refractivity contribution in [2.24, 2.45) is 5.92 Å². The first-order valence-electron chi connectivity index (χ1n) is 16.5. The first-order chi connectivity index (χ1) is 22.7. The van der Waals surface area contributed by atoms with Gasteiger partial charge >= 0.3 is 13.7 Å². The molecule has 1 unspecified atom stereocenters. The molecule has 2 rings (SSSR count). The molecule has 1 saturated carbocycles. The summed E-state index contributed by atoms with van der Waals surface area (Å²) in [5, 5.41) is 17.2. The lowest BCUT2D eigenvalue weighted by Gasteiger charge is -2.32. The molecule has 274 valence electrons. The molecular weight excluding hydrogens is 687 g/mol. The third-order valence-corrected chi connectivity index (χ3v) is 11.9. The minimum absolute atomic E-state index is 0.00696. The maximum atomic E-state index is 13.8. The highest BCUT2D eigenvalue weighted by atomic mass is 35.5. The van der Waals surface area contributed by atoms with E-state index in [1.165, 1.54) is 18.9 Å². The molecule has 0 aliphatic heterocycles. The van der Waals surface area contributed by atoms with Gasteiger partial charge in [0.05, 0.1) is 25.0 Å². The Kier molecular flexibility index (Phi) is 18.4. The zero-order valence-corrected chi connectivity index (χ0v) is 30.8. The molecule has 0 bridgehead atoms. The van der Waals surface area contributed by atoms with E-state index in [0.717, 1.165) is 32.1 Å². The number of halogens is 1. The van der Waals surface area contributed by atoms with Crippen LogP contribution in [0.1, 0.15) is 77.7 Å². The van der Waals surface area contributed by atoms with Crippen LogP contribution in [-0.2, 0) is 44.6 Å². The molecule has 17 heteroatoms. The van der Waals surface area contributed by atoms with Gasteiger partial charge < -0.3 is 34.4 Å². The molecule has 1 aromatic carbocycles. The van der Waals surface area contributed by atoms with Crippen molar-refractivity contribution in [3.8, 4) is 0 Å². The van der Waals surface area contributed by atoms with Crippen molar-refractivity contribution in [2.75, 3.05) is 39.1 Å². The smallest absolute Gasteiger partial charge is 0.408 e. The van der Waals surface area contributed by atoms with E-state index in [-0.39, 0.29) is 57.4 Å². The Morgan fingerprint density at radius 1 is 1.08 bits per heavy atom. The van der Waals surface area contributed by atoms with Gasteiger partial charge in [0, 0.05) is 31.6 Å². The molecule has 0 spiro atoms. The maximum absolute atomic E-state index is 13.8. The summed E-state index contributed by atoms with van der Waals surface area (Å²) in [5.41, 5.74) is 0.661. The summed E-state index contributed by atoms with van der Waals surface area (Å²) in [6, 6.07) is 4.50. The highest BCUT2D eigenvalue weighted by molar-refractivity contribution is 7.89. The summed E-state index contributed by atoms with van der Waals surface area (Å²) in [4.78, 5) is 41.0. The third kappa shape index (κ3) is 14.7. The van der Waals surface area contributed by atoms with Gasteiger partial charge in [0.25, 0.3) is 0 Å². The van der Waals surface area contributed by atoms with Crippen LogP contribution in [0.3, 0.4) is 0 Å². The van der Waals surface area contributed by atoms with Crippen LogP contribution in [0.25, 0.3) is 0 Å². The van der Waals surface area contributed by atoms with Gasteiger partial charge in [0.15, 0.2) is 5.85 Å². The number of carbonyl (C=O) groups excluding carboxylic acids is 3. The lowest BCUT2D eigenvalue weighted by atomic mass is 9.84. The SMILES string of the molecule is CCOP(=O)(OCC)C(O)[C@H](CCC(=O)N(C)CCNS(=O)(=O)CC)NC(=O)[C@H](CC1CCCCC1)NC(=O)OCc1cccc(Cl)c1. The number of carbonyl (C=O) groups is 3. The van der Waals surface area contributed by atoms with Crippen LogP contribution in [0.4, 0.5) is 4.79 Å². The number of aliphatic hydroxyl groups excluding tert-OH is 1. The number of hydrogen-bond acceptors (Lipinski definition) is 10. The summed E-state index contributed by atoms with van der Waals surface area (Å²) < 4.78 is 55.5. The molecule has 0 saturated heterocycles. The van der Waals surface area contributed by atoms with E-state index in [2.05, 4.69) is 15.4 Å². The van der Waals surface area contributed by atoms with E-state index >= 15 is 0 Å². The Morgan fingerprint density at radius 3 is 2.35 bits per heavy atom. The molecule has 0 radical (unpaired) electrons.